The number of Topliss-reactive ketones (excluding diaryl/α,β-unsaturated/α-hetero) is 1. The Labute approximate surface area is 137 Å². The molecule has 122 valence electrons. The van der Waals surface area contributed by atoms with Crippen molar-refractivity contribution in [1.82, 2.24) is 9.97 Å². The lowest BCUT2D eigenvalue weighted by Gasteiger charge is -2.44. The van der Waals surface area contributed by atoms with Crippen LogP contribution in [0.1, 0.15) is 51.7 Å². The second-order valence-electron chi connectivity index (χ2n) is 7.43. The number of rotatable bonds is 3. The number of carbonyl (C=O) groups is 1. The minimum absolute atomic E-state index is 0.153. The molecule has 1 fully saturated rings. The van der Waals surface area contributed by atoms with E-state index < -0.39 is 11.5 Å². The minimum atomic E-state index is -0.831. The Morgan fingerprint density at radius 1 is 1.22 bits per heavy atom. The zero-order chi connectivity index (χ0) is 16.7. The number of aromatic amines is 1. The van der Waals surface area contributed by atoms with Crippen molar-refractivity contribution in [3.8, 4) is 11.3 Å². The molecule has 0 saturated heterocycles. The number of nitrogens with one attached hydrogen (secondary N) is 1. The topological polar surface area (TPSA) is 66.0 Å². The molecule has 0 spiro atoms. The highest BCUT2D eigenvalue weighted by atomic mass is 16.3. The summed E-state index contributed by atoms with van der Waals surface area (Å²) < 4.78 is 0. The van der Waals surface area contributed by atoms with E-state index in [-0.39, 0.29) is 11.2 Å². The summed E-state index contributed by atoms with van der Waals surface area (Å²) in [5.41, 5.74) is 1.29. The third-order valence-corrected chi connectivity index (χ3v) is 5.26. The number of H-pyrrole nitrogens is 1. The molecule has 2 aromatic rings. The summed E-state index contributed by atoms with van der Waals surface area (Å²) in [5.74, 6) is 0.153. The molecule has 3 rings (SSSR count). The number of aliphatic hydroxyl groups excluding tert-OH is 1. The Hall–Kier alpha value is -1.94. The van der Waals surface area contributed by atoms with E-state index in [0.717, 1.165) is 29.7 Å². The highest BCUT2D eigenvalue weighted by Crippen LogP contribution is 2.50. The second-order valence-corrected chi connectivity index (χ2v) is 7.43. The van der Waals surface area contributed by atoms with E-state index in [1.807, 2.05) is 45.0 Å². The van der Waals surface area contributed by atoms with Gasteiger partial charge >= 0.3 is 0 Å². The smallest absolute Gasteiger partial charge is 0.147 e. The van der Waals surface area contributed by atoms with Gasteiger partial charge in [-0.2, -0.15) is 0 Å². The first-order chi connectivity index (χ1) is 10.9. The van der Waals surface area contributed by atoms with Gasteiger partial charge in [-0.05, 0) is 25.3 Å². The van der Waals surface area contributed by atoms with Crippen LogP contribution in [0.15, 0.2) is 36.8 Å². The fraction of sp³-hybridized carbons (Fsp3) is 0.474. The van der Waals surface area contributed by atoms with E-state index in [1.165, 1.54) is 0 Å². The lowest BCUT2D eigenvalue weighted by Crippen LogP contribution is -2.46. The monoisotopic (exact) mass is 312 g/mol. The summed E-state index contributed by atoms with van der Waals surface area (Å²) >= 11 is 0. The highest BCUT2D eigenvalue weighted by molar-refractivity contribution is 5.91. The molecule has 1 aromatic heterocycles. The quantitative estimate of drug-likeness (QED) is 0.903. The van der Waals surface area contributed by atoms with Crippen molar-refractivity contribution < 1.29 is 9.90 Å². The average molecular weight is 312 g/mol. The van der Waals surface area contributed by atoms with Crippen molar-refractivity contribution in [2.75, 3.05) is 0 Å². The average Bonchev–Trinajstić information content (AvgIpc) is 3.06. The van der Waals surface area contributed by atoms with Crippen LogP contribution in [-0.4, -0.2) is 20.9 Å². The minimum Gasteiger partial charge on any atom is -0.387 e. The Kier molecular flexibility index (Phi) is 3.88. The van der Waals surface area contributed by atoms with E-state index in [4.69, 9.17) is 0 Å². The summed E-state index contributed by atoms with van der Waals surface area (Å²) in [6, 6.07) is 7.66. The number of hydrogen-bond donors (Lipinski definition) is 2. The zero-order valence-corrected chi connectivity index (χ0v) is 14.0. The summed E-state index contributed by atoms with van der Waals surface area (Å²) in [7, 11) is 0. The molecule has 2 unspecified atom stereocenters. The maximum Gasteiger partial charge on any atom is 0.147 e. The molecule has 1 heterocycles. The first-order valence-corrected chi connectivity index (χ1v) is 8.17. The molecule has 0 aliphatic heterocycles. The fourth-order valence-electron chi connectivity index (χ4n) is 3.88. The molecule has 0 amide bonds. The molecule has 0 bridgehead atoms. The number of ketones is 1. The first-order valence-electron chi connectivity index (χ1n) is 8.17. The number of carbonyl (C=O) groups excluding carboxylic acids is 1. The fourth-order valence-corrected chi connectivity index (χ4v) is 3.88. The van der Waals surface area contributed by atoms with Gasteiger partial charge < -0.3 is 10.1 Å². The number of imidazole rings is 1. The van der Waals surface area contributed by atoms with Crippen molar-refractivity contribution in [2.45, 2.75) is 46.1 Å². The SMILES string of the molecule is CC1(C)CCCC(C)(C(O)c2ccccc2-c2c[nH]cn2)C1=O. The third-order valence-electron chi connectivity index (χ3n) is 5.26. The maximum absolute atomic E-state index is 13.0. The lowest BCUT2D eigenvalue weighted by molar-refractivity contribution is -0.149. The van der Waals surface area contributed by atoms with Crippen LogP contribution in [0.5, 0.6) is 0 Å². The van der Waals surface area contributed by atoms with Crippen LogP contribution in [0, 0.1) is 10.8 Å². The normalized spacial score (nSPS) is 25.3. The number of nitrogens with zero attached hydrogens (tertiary/aromatic N) is 1. The standard InChI is InChI=1S/C19H24N2O2/c1-18(2)9-6-10-19(3,17(18)23)16(22)14-8-5-4-7-13(14)15-11-20-12-21-15/h4-5,7-8,11-12,16,22H,6,9-10H2,1-3H3,(H,20,21). The Bertz CT molecular complexity index is 706. The van der Waals surface area contributed by atoms with Gasteiger partial charge in [-0.15, -0.1) is 0 Å². The van der Waals surface area contributed by atoms with Crippen LogP contribution in [0.2, 0.25) is 0 Å². The van der Waals surface area contributed by atoms with Gasteiger partial charge in [0.25, 0.3) is 0 Å². The molecule has 2 N–H and O–H groups in total. The Balaban J connectivity index is 2.04. The van der Waals surface area contributed by atoms with Crippen LogP contribution < -0.4 is 0 Å². The Morgan fingerprint density at radius 3 is 2.65 bits per heavy atom. The number of benzene rings is 1. The van der Waals surface area contributed by atoms with Crippen LogP contribution in [0.25, 0.3) is 11.3 Å². The largest absolute Gasteiger partial charge is 0.387 e. The predicted octanol–water partition coefficient (Wildman–Crippen LogP) is 3.90. The predicted molar refractivity (Wildman–Crippen MR) is 89.7 cm³/mol. The van der Waals surface area contributed by atoms with Crippen molar-refractivity contribution in [2.24, 2.45) is 10.8 Å². The van der Waals surface area contributed by atoms with Crippen molar-refractivity contribution in [1.29, 1.82) is 0 Å². The summed E-state index contributed by atoms with van der Waals surface area (Å²) in [6.45, 7) is 5.88. The summed E-state index contributed by atoms with van der Waals surface area (Å²) in [4.78, 5) is 20.2. The van der Waals surface area contributed by atoms with Gasteiger partial charge in [-0.1, -0.05) is 44.5 Å². The van der Waals surface area contributed by atoms with Crippen molar-refractivity contribution in [3.63, 3.8) is 0 Å². The van der Waals surface area contributed by atoms with Crippen molar-refractivity contribution in [3.05, 3.63) is 42.4 Å². The van der Waals surface area contributed by atoms with Gasteiger partial charge in [0.2, 0.25) is 0 Å². The van der Waals surface area contributed by atoms with Crippen LogP contribution in [-0.2, 0) is 4.79 Å². The van der Waals surface area contributed by atoms with Gasteiger partial charge in [0.1, 0.15) is 5.78 Å². The molecular formula is C19H24N2O2. The van der Waals surface area contributed by atoms with Crippen LogP contribution >= 0.6 is 0 Å². The van der Waals surface area contributed by atoms with Crippen LogP contribution in [0.4, 0.5) is 0 Å². The molecule has 0 radical (unpaired) electrons. The van der Waals surface area contributed by atoms with E-state index in [0.29, 0.717) is 6.42 Å². The number of aromatic nitrogens is 2. The molecule has 1 aliphatic carbocycles. The molecule has 4 heteroatoms. The number of aliphatic hydroxyl groups is 1. The van der Waals surface area contributed by atoms with Crippen molar-refractivity contribution >= 4 is 5.78 Å². The van der Waals surface area contributed by atoms with E-state index in [2.05, 4.69) is 9.97 Å². The summed E-state index contributed by atoms with van der Waals surface area (Å²) in [5, 5.41) is 11.1. The summed E-state index contributed by atoms with van der Waals surface area (Å²) in [6.07, 6.45) is 5.15. The maximum atomic E-state index is 13.0. The van der Waals surface area contributed by atoms with Crippen LogP contribution in [0.3, 0.4) is 0 Å². The second kappa shape index (κ2) is 5.60. The van der Waals surface area contributed by atoms with Gasteiger partial charge in [-0.25, -0.2) is 4.98 Å². The first kappa shape index (κ1) is 15.9. The van der Waals surface area contributed by atoms with E-state index >= 15 is 0 Å². The molecule has 1 saturated carbocycles. The van der Waals surface area contributed by atoms with Gasteiger partial charge in [-0.3, -0.25) is 4.79 Å². The molecule has 1 aliphatic rings. The third kappa shape index (κ3) is 2.61. The Morgan fingerprint density at radius 2 is 1.96 bits per heavy atom. The van der Waals surface area contributed by atoms with E-state index in [9.17, 15) is 9.90 Å². The van der Waals surface area contributed by atoms with Gasteiger partial charge in [0.05, 0.1) is 23.5 Å². The van der Waals surface area contributed by atoms with E-state index in [1.54, 1.807) is 12.5 Å². The van der Waals surface area contributed by atoms with Gasteiger partial charge in [0.15, 0.2) is 0 Å². The molecular weight excluding hydrogens is 288 g/mol. The molecule has 4 nitrogen and oxygen atoms in total. The molecule has 23 heavy (non-hydrogen) atoms. The molecule has 2 atom stereocenters. The molecule has 1 aromatic carbocycles. The number of hydrogen-bond acceptors (Lipinski definition) is 3. The zero-order valence-electron chi connectivity index (χ0n) is 14.0. The van der Waals surface area contributed by atoms with Gasteiger partial charge in [0, 0.05) is 17.2 Å². The lowest BCUT2D eigenvalue weighted by atomic mass is 9.60. The highest BCUT2D eigenvalue weighted by Gasteiger charge is 2.50.